The molecular formula is C18H18BrClFN. The van der Waals surface area contributed by atoms with Gasteiger partial charge in [-0.25, -0.2) is 4.39 Å². The lowest BCUT2D eigenvalue weighted by Crippen LogP contribution is -2.27. The summed E-state index contributed by atoms with van der Waals surface area (Å²) in [5.41, 5.74) is 4.58. The normalized spacial score (nSPS) is 16.7. The molecule has 0 amide bonds. The zero-order chi connectivity index (χ0) is 15.9. The van der Waals surface area contributed by atoms with Gasteiger partial charge in [0.25, 0.3) is 0 Å². The topological polar surface area (TPSA) is 3.24 Å². The molecule has 0 spiro atoms. The Morgan fingerprint density at radius 2 is 2.09 bits per heavy atom. The van der Waals surface area contributed by atoms with Gasteiger partial charge < -0.3 is 4.90 Å². The Balaban J connectivity index is 2.00. The highest BCUT2D eigenvalue weighted by molar-refractivity contribution is 9.10. The van der Waals surface area contributed by atoms with Gasteiger partial charge in [-0.2, -0.15) is 0 Å². The molecule has 4 heteroatoms. The van der Waals surface area contributed by atoms with Crippen LogP contribution < -0.4 is 4.90 Å². The number of nitrogens with zero attached hydrogens (tertiary/aromatic N) is 1. The molecule has 2 aromatic carbocycles. The quantitative estimate of drug-likeness (QED) is 0.623. The van der Waals surface area contributed by atoms with E-state index in [2.05, 4.69) is 39.9 Å². The summed E-state index contributed by atoms with van der Waals surface area (Å²) in [6.45, 7) is 5.08. The van der Waals surface area contributed by atoms with E-state index in [1.54, 1.807) is 6.07 Å². The van der Waals surface area contributed by atoms with Crippen LogP contribution in [0.2, 0.25) is 5.02 Å². The minimum atomic E-state index is -0.176. The first-order valence-corrected chi connectivity index (χ1v) is 8.69. The summed E-state index contributed by atoms with van der Waals surface area (Å²) in [4.78, 5) is 2.37. The highest BCUT2D eigenvalue weighted by Gasteiger charge is 2.29. The van der Waals surface area contributed by atoms with E-state index in [4.69, 9.17) is 11.6 Å². The number of anilines is 1. The van der Waals surface area contributed by atoms with Crippen molar-refractivity contribution in [2.24, 2.45) is 0 Å². The Kier molecular flexibility index (Phi) is 4.47. The SMILES string of the molecule is CCN(c1ccc(Cl)c(C)c1)C1CCc2c1ccc(F)c2Br. The van der Waals surface area contributed by atoms with Crippen LogP contribution in [-0.2, 0) is 6.42 Å². The monoisotopic (exact) mass is 381 g/mol. The van der Waals surface area contributed by atoms with E-state index in [9.17, 15) is 4.39 Å². The third-order valence-corrected chi connectivity index (χ3v) is 5.73. The molecule has 116 valence electrons. The molecule has 1 aliphatic carbocycles. The average molecular weight is 383 g/mol. The van der Waals surface area contributed by atoms with Gasteiger partial charge in [0.1, 0.15) is 5.82 Å². The molecule has 1 unspecified atom stereocenters. The molecular weight excluding hydrogens is 365 g/mol. The minimum absolute atomic E-state index is 0.176. The van der Waals surface area contributed by atoms with Crippen molar-refractivity contribution < 1.29 is 4.39 Å². The second kappa shape index (κ2) is 6.21. The van der Waals surface area contributed by atoms with Gasteiger partial charge in [0.05, 0.1) is 10.5 Å². The van der Waals surface area contributed by atoms with Crippen molar-refractivity contribution in [1.82, 2.24) is 0 Å². The van der Waals surface area contributed by atoms with Crippen LogP contribution in [0.3, 0.4) is 0 Å². The number of rotatable bonds is 3. The maximum atomic E-state index is 13.7. The van der Waals surface area contributed by atoms with Crippen molar-refractivity contribution >= 4 is 33.2 Å². The molecule has 22 heavy (non-hydrogen) atoms. The first kappa shape index (κ1) is 15.8. The largest absolute Gasteiger partial charge is 0.365 e. The molecule has 0 aliphatic heterocycles. The molecule has 2 aromatic rings. The third-order valence-electron chi connectivity index (χ3n) is 4.45. The number of hydrogen-bond acceptors (Lipinski definition) is 1. The van der Waals surface area contributed by atoms with Crippen LogP contribution in [0.25, 0.3) is 0 Å². The van der Waals surface area contributed by atoms with Crippen LogP contribution in [-0.4, -0.2) is 6.54 Å². The maximum absolute atomic E-state index is 13.7. The summed E-state index contributed by atoms with van der Waals surface area (Å²) in [6.07, 6.45) is 1.91. The zero-order valence-electron chi connectivity index (χ0n) is 12.7. The van der Waals surface area contributed by atoms with Crippen LogP contribution in [0.15, 0.2) is 34.8 Å². The summed E-state index contributed by atoms with van der Waals surface area (Å²) in [5.74, 6) is -0.176. The Labute approximate surface area is 144 Å². The Hall–Kier alpha value is -1.06. The average Bonchev–Trinajstić information content (AvgIpc) is 2.92. The van der Waals surface area contributed by atoms with Gasteiger partial charge in [0, 0.05) is 17.3 Å². The van der Waals surface area contributed by atoms with E-state index in [1.807, 2.05) is 19.1 Å². The number of aryl methyl sites for hydroxylation is 1. The fraction of sp³-hybridized carbons (Fsp3) is 0.333. The van der Waals surface area contributed by atoms with Gasteiger partial charge in [-0.1, -0.05) is 17.7 Å². The highest BCUT2D eigenvalue weighted by Crippen LogP contribution is 2.42. The van der Waals surface area contributed by atoms with E-state index in [0.29, 0.717) is 4.47 Å². The van der Waals surface area contributed by atoms with Crippen molar-refractivity contribution in [1.29, 1.82) is 0 Å². The molecule has 1 nitrogen and oxygen atoms in total. The van der Waals surface area contributed by atoms with Crippen LogP contribution in [0.4, 0.5) is 10.1 Å². The molecule has 1 atom stereocenters. The van der Waals surface area contributed by atoms with Gasteiger partial charge >= 0.3 is 0 Å². The van der Waals surface area contributed by atoms with Crippen LogP contribution in [0.5, 0.6) is 0 Å². The summed E-state index contributed by atoms with van der Waals surface area (Å²) < 4.78 is 14.4. The molecule has 0 aromatic heterocycles. The van der Waals surface area contributed by atoms with Gasteiger partial charge in [0.15, 0.2) is 0 Å². The van der Waals surface area contributed by atoms with Gasteiger partial charge in [-0.3, -0.25) is 0 Å². The van der Waals surface area contributed by atoms with Gasteiger partial charge in [-0.15, -0.1) is 0 Å². The van der Waals surface area contributed by atoms with Crippen LogP contribution in [0.1, 0.15) is 36.1 Å². The lowest BCUT2D eigenvalue weighted by molar-refractivity contribution is 0.617. The Bertz CT molecular complexity index is 716. The molecule has 1 aliphatic rings. The lowest BCUT2D eigenvalue weighted by Gasteiger charge is -2.31. The standard InChI is InChI=1S/C18H18BrClFN/c1-3-22(12-4-7-15(20)11(2)10-12)17-9-6-14-13(17)5-8-16(21)18(14)19/h4-5,7-8,10,17H,3,6,9H2,1-2H3. The molecule has 0 heterocycles. The highest BCUT2D eigenvalue weighted by atomic mass is 79.9. The summed E-state index contributed by atoms with van der Waals surface area (Å²) in [6, 6.07) is 9.92. The Morgan fingerprint density at radius 3 is 2.77 bits per heavy atom. The number of halogens is 3. The smallest absolute Gasteiger partial charge is 0.137 e. The van der Waals surface area contributed by atoms with Crippen LogP contribution in [0, 0.1) is 12.7 Å². The van der Waals surface area contributed by atoms with Gasteiger partial charge in [0.2, 0.25) is 0 Å². The molecule has 0 saturated heterocycles. The van der Waals surface area contributed by atoms with E-state index in [1.165, 1.54) is 11.3 Å². The van der Waals surface area contributed by atoms with E-state index >= 15 is 0 Å². The fourth-order valence-electron chi connectivity index (χ4n) is 3.32. The number of fused-ring (bicyclic) bond motifs is 1. The van der Waals surface area contributed by atoms with Crippen molar-refractivity contribution in [3.05, 3.63) is 62.3 Å². The van der Waals surface area contributed by atoms with E-state index in [-0.39, 0.29) is 11.9 Å². The second-order valence-corrected chi connectivity index (χ2v) is 6.90. The van der Waals surface area contributed by atoms with Crippen molar-refractivity contribution in [3.63, 3.8) is 0 Å². The molecule has 0 N–H and O–H groups in total. The number of benzene rings is 2. The predicted molar refractivity (Wildman–Crippen MR) is 94.4 cm³/mol. The summed E-state index contributed by atoms with van der Waals surface area (Å²) >= 11 is 9.54. The first-order chi connectivity index (χ1) is 10.5. The van der Waals surface area contributed by atoms with E-state index < -0.39 is 0 Å². The van der Waals surface area contributed by atoms with Crippen molar-refractivity contribution in [2.75, 3.05) is 11.4 Å². The second-order valence-electron chi connectivity index (χ2n) is 5.70. The predicted octanol–water partition coefficient (Wildman–Crippen LogP) is 6.06. The van der Waals surface area contributed by atoms with Crippen LogP contribution >= 0.6 is 27.5 Å². The lowest BCUT2D eigenvalue weighted by atomic mass is 10.1. The van der Waals surface area contributed by atoms with Crippen molar-refractivity contribution in [2.45, 2.75) is 32.7 Å². The number of hydrogen-bond donors (Lipinski definition) is 0. The van der Waals surface area contributed by atoms with Crippen molar-refractivity contribution in [3.8, 4) is 0 Å². The molecule has 0 radical (unpaired) electrons. The minimum Gasteiger partial charge on any atom is -0.365 e. The molecule has 0 bridgehead atoms. The fourth-order valence-corrected chi connectivity index (χ4v) is 4.00. The summed E-state index contributed by atoms with van der Waals surface area (Å²) in [7, 11) is 0. The molecule has 0 fully saturated rings. The third kappa shape index (κ3) is 2.65. The van der Waals surface area contributed by atoms with Gasteiger partial charge in [-0.05, 0) is 83.6 Å². The Morgan fingerprint density at radius 1 is 1.32 bits per heavy atom. The molecule has 0 saturated carbocycles. The first-order valence-electron chi connectivity index (χ1n) is 7.52. The molecule has 3 rings (SSSR count). The maximum Gasteiger partial charge on any atom is 0.137 e. The zero-order valence-corrected chi connectivity index (χ0v) is 15.0. The summed E-state index contributed by atoms with van der Waals surface area (Å²) in [5, 5.41) is 0.788. The van der Waals surface area contributed by atoms with E-state index in [0.717, 1.165) is 35.5 Å².